The minimum atomic E-state index is -3.68. The van der Waals surface area contributed by atoms with E-state index in [1.165, 1.54) is 4.68 Å². The first kappa shape index (κ1) is 14.0. The summed E-state index contributed by atoms with van der Waals surface area (Å²) in [5, 5.41) is 13.3. The maximum atomic E-state index is 11.7. The molecule has 7 nitrogen and oxygen atoms in total. The summed E-state index contributed by atoms with van der Waals surface area (Å²) in [6.45, 7) is 1.95. The van der Waals surface area contributed by atoms with Gasteiger partial charge in [-0.05, 0) is 37.5 Å². The number of aryl methyl sites for hydroxylation is 1. The number of nitrogens with zero attached hydrogens (tertiary/aromatic N) is 3. The van der Waals surface area contributed by atoms with Crippen molar-refractivity contribution in [1.29, 1.82) is 0 Å². The number of benzene rings is 1. The predicted octanol–water partition coefficient (Wildman–Crippen LogP) is 0.862. The van der Waals surface area contributed by atoms with Crippen LogP contribution in [0.1, 0.15) is 24.1 Å². The Morgan fingerprint density at radius 3 is 2.67 bits per heavy atom. The summed E-state index contributed by atoms with van der Waals surface area (Å²) in [6.07, 6.45) is 2.57. The zero-order valence-electron chi connectivity index (χ0n) is 11.8. The minimum absolute atomic E-state index is 0.383. The number of hydrogen-bond donors (Lipinski definition) is 1. The van der Waals surface area contributed by atoms with E-state index in [1.807, 2.05) is 25.1 Å². The lowest BCUT2D eigenvalue weighted by Gasteiger charge is -2.09. The first-order chi connectivity index (χ1) is 9.87. The number of ether oxygens (including phenoxy) is 1. The molecule has 0 bridgehead atoms. The van der Waals surface area contributed by atoms with Crippen LogP contribution in [-0.4, -0.2) is 30.5 Å². The summed E-state index contributed by atoms with van der Waals surface area (Å²) in [6, 6.07) is 5.65. The molecule has 1 aromatic heterocycles. The zero-order valence-corrected chi connectivity index (χ0v) is 12.6. The number of sulfonamides is 1. The molecule has 3 rings (SSSR count). The monoisotopic (exact) mass is 308 g/mol. The average molecular weight is 308 g/mol. The van der Waals surface area contributed by atoms with Gasteiger partial charge in [-0.2, -0.15) is 0 Å². The van der Waals surface area contributed by atoms with E-state index in [9.17, 15) is 8.42 Å². The molecule has 1 aliphatic rings. The smallest absolute Gasteiger partial charge is 0.220 e. The van der Waals surface area contributed by atoms with E-state index in [-0.39, 0.29) is 0 Å². The van der Waals surface area contributed by atoms with Crippen molar-refractivity contribution in [2.24, 2.45) is 5.14 Å². The molecule has 1 heterocycles. The SMILES string of the molecule is COc1ccc(C)cc1-n1cc(C2(S(N)(=O)=O)CC2)nn1. The first-order valence-corrected chi connectivity index (χ1v) is 8.02. The molecule has 1 aromatic carbocycles. The highest BCUT2D eigenvalue weighted by atomic mass is 32.2. The molecule has 21 heavy (non-hydrogen) atoms. The fraction of sp³-hybridized carbons (Fsp3) is 0.385. The van der Waals surface area contributed by atoms with Crippen LogP contribution in [0, 0.1) is 6.92 Å². The van der Waals surface area contributed by atoms with Gasteiger partial charge in [0.2, 0.25) is 10.0 Å². The molecule has 0 spiro atoms. The average Bonchev–Trinajstić information content (AvgIpc) is 3.11. The Labute approximate surface area is 122 Å². The molecule has 2 N–H and O–H groups in total. The van der Waals surface area contributed by atoms with Gasteiger partial charge in [0.05, 0.1) is 13.3 Å². The maximum absolute atomic E-state index is 11.7. The maximum Gasteiger partial charge on any atom is 0.220 e. The minimum Gasteiger partial charge on any atom is -0.494 e. The molecule has 112 valence electrons. The van der Waals surface area contributed by atoms with Crippen LogP contribution < -0.4 is 9.88 Å². The summed E-state index contributed by atoms with van der Waals surface area (Å²) >= 11 is 0. The van der Waals surface area contributed by atoms with Crippen molar-refractivity contribution in [2.75, 3.05) is 7.11 Å². The topological polar surface area (TPSA) is 100 Å². The molecule has 8 heteroatoms. The van der Waals surface area contributed by atoms with Gasteiger partial charge >= 0.3 is 0 Å². The van der Waals surface area contributed by atoms with Crippen molar-refractivity contribution in [2.45, 2.75) is 24.5 Å². The van der Waals surface area contributed by atoms with Gasteiger partial charge in [-0.25, -0.2) is 18.2 Å². The second-order valence-electron chi connectivity index (χ2n) is 5.26. The summed E-state index contributed by atoms with van der Waals surface area (Å²) in [5.74, 6) is 0.637. The van der Waals surface area contributed by atoms with Crippen molar-refractivity contribution >= 4 is 10.0 Å². The van der Waals surface area contributed by atoms with Crippen molar-refractivity contribution in [1.82, 2.24) is 15.0 Å². The predicted molar refractivity (Wildman–Crippen MR) is 76.7 cm³/mol. The van der Waals surface area contributed by atoms with Crippen LogP contribution in [0.25, 0.3) is 5.69 Å². The molecule has 1 saturated carbocycles. The second kappa shape index (κ2) is 4.54. The Balaban J connectivity index is 2.06. The third-order valence-electron chi connectivity index (χ3n) is 3.79. The van der Waals surface area contributed by atoms with Crippen LogP contribution in [0.4, 0.5) is 0 Å². The van der Waals surface area contributed by atoms with Crippen LogP contribution in [0.15, 0.2) is 24.4 Å². The highest BCUT2D eigenvalue weighted by Gasteiger charge is 2.56. The van der Waals surface area contributed by atoms with Crippen molar-refractivity contribution in [3.63, 3.8) is 0 Å². The van der Waals surface area contributed by atoms with Crippen molar-refractivity contribution < 1.29 is 13.2 Å². The molecular weight excluding hydrogens is 292 g/mol. The van der Waals surface area contributed by atoms with E-state index in [1.54, 1.807) is 13.3 Å². The van der Waals surface area contributed by atoms with Gasteiger partial charge in [-0.3, -0.25) is 0 Å². The van der Waals surface area contributed by atoms with Crippen LogP contribution >= 0.6 is 0 Å². The number of aromatic nitrogens is 3. The van der Waals surface area contributed by atoms with Crippen LogP contribution in [0.5, 0.6) is 5.75 Å². The van der Waals surface area contributed by atoms with E-state index in [0.717, 1.165) is 5.56 Å². The molecule has 1 fully saturated rings. The van der Waals surface area contributed by atoms with Gasteiger partial charge in [0, 0.05) is 0 Å². The van der Waals surface area contributed by atoms with Gasteiger partial charge in [0.15, 0.2) is 0 Å². The van der Waals surface area contributed by atoms with Crippen molar-refractivity contribution in [3.05, 3.63) is 35.7 Å². The van der Waals surface area contributed by atoms with Crippen LogP contribution in [-0.2, 0) is 14.8 Å². The van der Waals surface area contributed by atoms with Gasteiger partial charge in [0.1, 0.15) is 21.9 Å². The van der Waals surface area contributed by atoms with Gasteiger partial charge in [0.25, 0.3) is 0 Å². The quantitative estimate of drug-likeness (QED) is 0.903. The summed E-state index contributed by atoms with van der Waals surface area (Å²) in [5.41, 5.74) is 2.13. The molecule has 0 radical (unpaired) electrons. The molecule has 1 aliphatic carbocycles. The van der Waals surface area contributed by atoms with Gasteiger partial charge < -0.3 is 4.74 Å². The standard InChI is InChI=1S/C13H16N4O3S/c1-9-3-4-11(20-2)10(7-9)17-8-12(15-16-17)13(5-6-13)21(14,18)19/h3-4,7-8H,5-6H2,1-2H3,(H2,14,18,19). The van der Waals surface area contributed by atoms with E-state index < -0.39 is 14.8 Å². The van der Waals surface area contributed by atoms with Gasteiger partial charge in [-0.15, -0.1) is 5.10 Å². The lowest BCUT2D eigenvalue weighted by atomic mass is 10.2. The summed E-state index contributed by atoms with van der Waals surface area (Å²) in [7, 11) is -2.12. The number of rotatable bonds is 4. The number of hydrogen-bond acceptors (Lipinski definition) is 5. The molecule has 0 unspecified atom stereocenters. The molecule has 0 aliphatic heterocycles. The summed E-state index contributed by atoms with van der Waals surface area (Å²) in [4.78, 5) is 0. The third kappa shape index (κ3) is 2.20. The molecule has 2 aromatic rings. The largest absolute Gasteiger partial charge is 0.494 e. The Bertz CT molecular complexity index is 793. The van der Waals surface area contributed by atoms with Crippen molar-refractivity contribution in [3.8, 4) is 11.4 Å². The van der Waals surface area contributed by atoms with E-state index in [2.05, 4.69) is 10.3 Å². The first-order valence-electron chi connectivity index (χ1n) is 6.47. The van der Waals surface area contributed by atoms with E-state index in [4.69, 9.17) is 9.88 Å². The Morgan fingerprint density at radius 1 is 1.38 bits per heavy atom. The number of nitrogens with two attached hydrogens (primary N) is 1. The Hall–Kier alpha value is -1.93. The molecule has 0 saturated heterocycles. The third-order valence-corrected chi connectivity index (χ3v) is 5.50. The molecule has 0 amide bonds. The van der Waals surface area contributed by atoms with Gasteiger partial charge in [-0.1, -0.05) is 11.3 Å². The Kier molecular flexibility index (Phi) is 3.03. The zero-order chi connectivity index (χ0) is 15.3. The second-order valence-corrected chi connectivity index (χ2v) is 7.13. The van der Waals surface area contributed by atoms with E-state index in [0.29, 0.717) is 30.0 Å². The fourth-order valence-corrected chi connectivity index (χ4v) is 3.43. The van der Waals surface area contributed by atoms with E-state index >= 15 is 0 Å². The molecule has 0 atom stereocenters. The lowest BCUT2D eigenvalue weighted by molar-refractivity contribution is 0.411. The molecular formula is C13H16N4O3S. The van der Waals surface area contributed by atoms with Crippen LogP contribution in [0.2, 0.25) is 0 Å². The van der Waals surface area contributed by atoms with Crippen LogP contribution in [0.3, 0.4) is 0 Å². The lowest BCUT2D eigenvalue weighted by Crippen LogP contribution is -2.28. The Morgan fingerprint density at radius 2 is 2.10 bits per heavy atom. The fourth-order valence-electron chi connectivity index (χ4n) is 2.37. The highest BCUT2D eigenvalue weighted by Crippen LogP contribution is 2.50. The normalized spacial score (nSPS) is 16.7. The number of methoxy groups -OCH3 is 1. The summed E-state index contributed by atoms with van der Waals surface area (Å²) < 4.78 is 29.2. The number of primary sulfonamides is 1. The highest BCUT2D eigenvalue weighted by molar-refractivity contribution is 7.90.